The maximum Gasteiger partial charge on any atom is 0.272 e. The summed E-state index contributed by atoms with van der Waals surface area (Å²) >= 11 is 0. The zero-order chi connectivity index (χ0) is 18.6. The summed E-state index contributed by atoms with van der Waals surface area (Å²) in [5.41, 5.74) is 3.37. The molecule has 2 fully saturated rings. The van der Waals surface area contributed by atoms with Crippen LogP contribution in [0.5, 0.6) is 0 Å². The number of nitrogens with zero attached hydrogens (tertiary/aromatic N) is 2. The molecule has 1 aromatic heterocycles. The van der Waals surface area contributed by atoms with E-state index in [9.17, 15) is 4.79 Å². The van der Waals surface area contributed by atoms with Gasteiger partial charge < -0.3 is 5.32 Å². The molecule has 2 saturated carbocycles. The lowest BCUT2D eigenvalue weighted by molar-refractivity contribution is 0.0925. The maximum atomic E-state index is 13.1. The van der Waals surface area contributed by atoms with Crippen LogP contribution in [0.4, 0.5) is 0 Å². The Labute approximate surface area is 164 Å². The molecular weight excluding hydrogens is 334 g/mol. The van der Waals surface area contributed by atoms with Gasteiger partial charge in [-0.1, -0.05) is 51.4 Å². The van der Waals surface area contributed by atoms with Crippen molar-refractivity contribution in [3.05, 3.63) is 17.0 Å². The van der Waals surface area contributed by atoms with E-state index in [2.05, 4.69) is 16.9 Å². The van der Waals surface area contributed by atoms with Gasteiger partial charge in [-0.15, -0.1) is 0 Å². The van der Waals surface area contributed by atoms with Crippen LogP contribution in [0.3, 0.4) is 0 Å². The second kappa shape index (κ2) is 8.79. The minimum atomic E-state index is 0.0750. The quantitative estimate of drug-likeness (QED) is 0.758. The highest BCUT2D eigenvalue weighted by atomic mass is 16.2. The van der Waals surface area contributed by atoms with Crippen molar-refractivity contribution in [2.24, 2.45) is 5.92 Å². The molecular formula is C23H37N3O. The van der Waals surface area contributed by atoms with Crippen molar-refractivity contribution in [3.63, 3.8) is 0 Å². The summed E-state index contributed by atoms with van der Waals surface area (Å²) in [6.07, 6.45) is 18.9. The number of amides is 1. The summed E-state index contributed by atoms with van der Waals surface area (Å²) in [6, 6.07) is 0.770. The fourth-order valence-corrected chi connectivity index (χ4v) is 5.71. The Morgan fingerprint density at radius 3 is 2.41 bits per heavy atom. The number of fused-ring (bicyclic) bond motifs is 1. The third-order valence-electron chi connectivity index (χ3n) is 7.13. The van der Waals surface area contributed by atoms with Crippen molar-refractivity contribution >= 4 is 5.91 Å². The van der Waals surface area contributed by atoms with Crippen molar-refractivity contribution in [2.75, 3.05) is 0 Å². The zero-order valence-electron chi connectivity index (χ0n) is 17.1. The lowest BCUT2D eigenvalue weighted by Crippen LogP contribution is -2.35. The number of carbonyl (C=O) groups excluding carboxylic acids is 1. The Hall–Kier alpha value is -1.32. The first-order valence-electron chi connectivity index (χ1n) is 11.6. The zero-order valence-corrected chi connectivity index (χ0v) is 17.1. The fourth-order valence-electron chi connectivity index (χ4n) is 5.71. The van der Waals surface area contributed by atoms with E-state index in [-0.39, 0.29) is 11.9 Å². The highest BCUT2D eigenvalue weighted by Gasteiger charge is 2.29. The Morgan fingerprint density at radius 1 is 1.00 bits per heavy atom. The molecule has 1 aromatic rings. The van der Waals surface area contributed by atoms with Gasteiger partial charge in [-0.05, 0) is 57.8 Å². The topological polar surface area (TPSA) is 46.9 Å². The molecule has 0 aliphatic heterocycles. The summed E-state index contributed by atoms with van der Waals surface area (Å²) in [4.78, 5) is 13.1. The van der Waals surface area contributed by atoms with Gasteiger partial charge >= 0.3 is 0 Å². The number of carbonyl (C=O) groups is 1. The van der Waals surface area contributed by atoms with E-state index in [4.69, 9.17) is 5.10 Å². The molecule has 3 aliphatic carbocycles. The number of rotatable bonds is 5. The largest absolute Gasteiger partial charge is 0.348 e. The first-order chi connectivity index (χ1) is 13.2. The molecule has 0 saturated heterocycles. The van der Waals surface area contributed by atoms with E-state index >= 15 is 0 Å². The van der Waals surface area contributed by atoms with E-state index in [1.165, 1.54) is 88.3 Å². The molecule has 4 rings (SSSR count). The lowest BCUT2D eigenvalue weighted by Gasteiger charge is -2.25. The monoisotopic (exact) mass is 371 g/mol. The van der Waals surface area contributed by atoms with Crippen LogP contribution in [0.1, 0.15) is 118 Å². The minimum absolute atomic E-state index is 0.0750. The Morgan fingerprint density at radius 2 is 1.67 bits per heavy atom. The smallest absolute Gasteiger partial charge is 0.272 e. The van der Waals surface area contributed by atoms with E-state index in [0.717, 1.165) is 30.9 Å². The summed E-state index contributed by atoms with van der Waals surface area (Å²) in [7, 11) is 0. The van der Waals surface area contributed by atoms with E-state index in [1.807, 2.05) is 0 Å². The number of nitrogens with one attached hydrogen (secondary N) is 1. The SMILES string of the molecule is CC(CC1CCCCC1)NC(=O)c1nn(C2CCCCC2)c2c1CCCC2. The molecule has 4 nitrogen and oxygen atoms in total. The second-order valence-corrected chi connectivity index (χ2v) is 9.33. The average molecular weight is 372 g/mol. The summed E-state index contributed by atoms with van der Waals surface area (Å²) in [5.74, 6) is 0.869. The highest BCUT2D eigenvalue weighted by Crippen LogP contribution is 2.33. The lowest BCUT2D eigenvalue weighted by atomic mass is 9.85. The van der Waals surface area contributed by atoms with Crippen molar-refractivity contribution in [3.8, 4) is 0 Å². The average Bonchev–Trinajstić information content (AvgIpc) is 3.09. The Bertz CT molecular complexity index is 638. The molecule has 1 N–H and O–H groups in total. The van der Waals surface area contributed by atoms with Gasteiger partial charge in [-0.25, -0.2) is 0 Å². The van der Waals surface area contributed by atoms with E-state index in [1.54, 1.807) is 0 Å². The van der Waals surface area contributed by atoms with Crippen LogP contribution >= 0.6 is 0 Å². The summed E-state index contributed by atoms with van der Waals surface area (Å²) in [6.45, 7) is 2.18. The molecule has 0 aromatic carbocycles. The van der Waals surface area contributed by atoms with Crippen molar-refractivity contribution in [2.45, 2.75) is 115 Å². The van der Waals surface area contributed by atoms with Gasteiger partial charge in [0.25, 0.3) is 5.91 Å². The number of aromatic nitrogens is 2. The predicted octanol–water partition coefficient (Wildman–Crippen LogP) is 5.36. The van der Waals surface area contributed by atoms with Gasteiger partial charge in [0, 0.05) is 17.3 Å². The van der Waals surface area contributed by atoms with Crippen LogP contribution in [0, 0.1) is 5.92 Å². The molecule has 0 spiro atoms. The van der Waals surface area contributed by atoms with Gasteiger partial charge in [-0.3, -0.25) is 9.48 Å². The van der Waals surface area contributed by atoms with Crippen LogP contribution in [0.2, 0.25) is 0 Å². The molecule has 1 atom stereocenters. The second-order valence-electron chi connectivity index (χ2n) is 9.33. The third kappa shape index (κ3) is 4.41. The van der Waals surface area contributed by atoms with Gasteiger partial charge in [0.05, 0.1) is 6.04 Å². The van der Waals surface area contributed by atoms with Crippen LogP contribution in [-0.2, 0) is 12.8 Å². The molecule has 0 bridgehead atoms. The molecule has 27 heavy (non-hydrogen) atoms. The molecule has 0 radical (unpaired) electrons. The van der Waals surface area contributed by atoms with Crippen molar-refractivity contribution in [1.82, 2.24) is 15.1 Å². The maximum absolute atomic E-state index is 13.1. The van der Waals surface area contributed by atoms with Gasteiger partial charge in [0.15, 0.2) is 5.69 Å². The van der Waals surface area contributed by atoms with Crippen LogP contribution in [0.25, 0.3) is 0 Å². The normalized spacial score (nSPS) is 23.0. The molecule has 1 heterocycles. The standard InChI is InChI=1S/C23H37N3O/c1-17(16-18-10-4-2-5-11-18)24-23(27)22-20-14-8-9-15-21(20)26(25-22)19-12-6-3-7-13-19/h17-19H,2-16H2,1H3,(H,24,27). The first-order valence-corrected chi connectivity index (χ1v) is 11.6. The first kappa shape index (κ1) is 19.0. The molecule has 1 amide bonds. The molecule has 150 valence electrons. The van der Waals surface area contributed by atoms with Gasteiger partial charge in [-0.2, -0.15) is 5.10 Å². The molecule has 4 heteroatoms. The van der Waals surface area contributed by atoms with Crippen molar-refractivity contribution < 1.29 is 4.79 Å². The minimum Gasteiger partial charge on any atom is -0.348 e. The summed E-state index contributed by atoms with van der Waals surface area (Å²) < 4.78 is 2.27. The van der Waals surface area contributed by atoms with E-state index in [0.29, 0.717) is 6.04 Å². The van der Waals surface area contributed by atoms with Gasteiger partial charge in [0.1, 0.15) is 0 Å². The number of hydrogen-bond acceptors (Lipinski definition) is 2. The van der Waals surface area contributed by atoms with Gasteiger partial charge in [0.2, 0.25) is 0 Å². The summed E-state index contributed by atoms with van der Waals surface area (Å²) in [5, 5.41) is 8.22. The predicted molar refractivity (Wildman–Crippen MR) is 109 cm³/mol. The van der Waals surface area contributed by atoms with Crippen LogP contribution in [0.15, 0.2) is 0 Å². The number of hydrogen-bond donors (Lipinski definition) is 1. The Kier molecular flexibility index (Phi) is 6.19. The Balaban J connectivity index is 1.46. The fraction of sp³-hybridized carbons (Fsp3) is 0.826. The molecule has 1 unspecified atom stereocenters. The third-order valence-corrected chi connectivity index (χ3v) is 7.13. The van der Waals surface area contributed by atoms with Crippen LogP contribution in [-0.4, -0.2) is 21.7 Å². The van der Waals surface area contributed by atoms with E-state index < -0.39 is 0 Å². The van der Waals surface area contributed by atoms with Crippen molar-refractivity contribution in [1.29, 1.82) is 0 Å². The molecule has 3 aliphatic rings. The van der Waals surface area contributed by atoms with Crippen LogP contribution < -0.4 is 5.32 Å². The highest BCUT2D eigenvalue weighted by molar-refractivity contribution is 5.94.